The van der Waals surface area contributed by atoms with E-state index in [4.69, 9.17) is 9.47 Å². The van der Waals surface area contributed by atoms with Crippen molar-refractivity contribution in [3.05, 3.63) is 77.4 Å². The van der Waals surface area contributed by atoms with Gasteiger partial charge in [-0.1, -0.05) is 30.3 Å². The summed E-state index contributed by atoms with van der Waals surface area (Å²) in [7, 11) is 1.63. The lowest BCUT2D eigenvalue weighted by Gasteiger charge is -2.26. The molecule has 0 spiro atoms. The van der Waals surface area contributed by atoms with Crippen LogP contribution in [0.25, 0.3) is 0 Å². The van der Waals surface area contributed by atoms with Crippen molar-refractivity contribution in [2.45, 2.75) is 19.5 Å². The molecule has 1 N–H and O–H groups in total. The lowest BCUT2D eigenvalue weighted by Crippen LogP contribution is -2.35. The van der Waals surface area contributed by atoms with Gasteiger partial charge in [-0.15, -0.1) is 6.58 Å². The number of rotatable bonds is 8. The first-order chi connectivity index (χ1) is 13.7. The first kappa shape index (κ1) is 20.1. The minimum absolute atomic E-state index is 0.0923. The molecule has 3 rings (SSSR count). The second-order valence-electron chi connectivity index (χ2n) is 6.91. The Bertz CT molecular complexity index is 796. The molecule has 1 saturated heterocycles. The molecule has 1 amide bonds. The van der Waals surface area contributed by atoms with Gasteiger partial charge >= 0.3 is 0 Å². The zero-order chi connectivity index (χ0) is 19.8. The minimum Gasteiger partial charge on any atom is -0.496 e. The summed E-state index contributed by atoms with van der Waals surface area (Å²) < 4.78 is 10.7. The van der Waals surface area contributed by atoms with Gasteiger partial charge in [0.2, 0.25) is 0 Å². The first-order valence-electron chi connectivity index (χ1n) is 9.63. The lowest BCUT2D eigenvalue weighted by atomic mass is 10.1. The Morgan fingerprint density at radius 1 is 1.18 bits per heavy atom. The fourth-order valence-electron chi connectivity index (χ4n) is 3.30. The molecule has 0 aromatic heterocycles. The molecule has 28 heavy (non-hydrogen) atoms. The molecule has 0 aliphatic carbocycles. The second-order valence-corrected chi connectivity index (χ2v) is 6.91. The van der Waals surface area contributed by atoms with Crippen molar-refractivity contribution >= 4 is 5.91 Å². The molecular formula is C23H28N2O3. The van der Waals surface area contributed by atoms with Crippen LogP contribution < -0.4 is 10.1 Å². The molecule has 0 atom stereocenters. The van der Waals surface area contributed by atoms with Crippen molar-refractivity contribution < 1.29 is 14.3 Å². The van der Waals surface area contributed by atoms with Crippen LogP contribution in [-0.4, -0.2) is 44.2 Å². The Labute approximate surface area is 167 Å². The van der Waals surface area contributed by atoms with Crippen molar-refractivity contribution in [2.24, 2.45) is 0 Å². The van der Waals surface area contributed by atoms with Crippen molar-refractivity contribution in [1.82, 2.24) is 10.2 Å². The Morgan fingerprint density at radius 2 is 1.89 bits per heavy atom. The Kier molecular flexibility index (Phi) is 7.23. The van der Waals surface area contributed by atoms with E-state index in [2.05, 4.69) is 41.1 Å². The van der Waals surface area contributed by atoms with E-state index in [-0.39, 0.29) is 5.91 Å². The zero-order valence-electron chi connectivity index (χ0n) is 16.4. The van der Waals surface area contributed by atoms with Gasteiger partial charge in [0.15, 0.2) is 0 Å². The van der Waals surface area contributed by atoms with Gasteiger partial charge in [-0.05, 0) is 41.3 Å². The predicted octanol–water partition coefficient (Wildman–Crippen LogP) is 3.19. The number of nitrogens with one attached hydrogen (secondary N) is 1. The van der Waals surface area contributed by atoms with Gasteiger partial charge < -0.3 is 14.8 Å². The molecule has 148 valence electrons. The topological polar surface area (TPSA) is 50.8 Å². The van der Waals surface area contributed by atoms with E-state index >= 15 is 0 Å². The molecule has 0 unspecified atom stereocenters. The van der Waals surface area contributed by atoms with Gasteiger partial charge in [0.1, 0.15) is 5.75 Å². The molecule has 5 heteroatoms. The highest BCUT2D eigenvalue weighted by Gasteiger charge is 2.11. The van der Waals surface area contributed by atoms with E-state index in [1.54, 1.807) is 19.3 Å². The number of nitrogens with zero attached hydrogens (tertiary/aromatic N) is 1. The summed E-state index contributed by atoms with van der Waals surface area (Å²) in [5, 5.41) is 2.99. The van der Waals surface area contributed by atoms with Crippen LogP contribution in [0.2, 0.25) is 0 Å². The summed E-state index contributed by atoms with van der Waals surface area (Å²) in [6.07, 6.45) is 2.47. The van der Waals surface area contributed by atoms with Crippen molar-refractivity contribution in [2.75, 3.05) is 33.4 Å². The SMILES string of the molecule is C=CCc1cc(C(=O)NCc2ccc(CN3CCOCC3)cc2)ccc1OC. The number of ether oxygens (including phenoxy) is 2. The largest absolute Gasteiger partial charge is 0.496 e. The van der Waals surface area contributed by atoms with Crippen LogP contribution in [0.4, 0.5) is 0 Å². The highest BCUT2D eigenvalue weighted by molar-refractivity contribution is 5.94. The predicted molar refractivity (Wildman–Crippen MR) is 111 cm³/mol. The van der Waals surface area contributed by atoms with Crippen LogP contribution in [0.15, 0.2) is 55.1 Å². The maximum atomic E-state index is 12.5. The lowest BCUT2D eigenvalue weighted by molar-refractivity contribution is 0.0342. The molecule has 2 aromatic rings. The average molecular weight is 380 g/mol. The van der Waals surface area contributed by atoms with E-state index in [9.17, 15) is 4.79 Å². The van der Waals surface area contributed by atoms with Crippen LogP contribution >= 0.6 is 0 Å². The fraction of sp³-hybridized carbons (Fsp3) is 0.348. The monoisotopic (exact) mass is 380 g/mol. The minimum atomic E-state index is -0.0923. The quantitative estimate of drug-likeness (QED) is 0.715. The van der Waals surface area contributed by atoms with Gasteiger partial charge in [0.05, 0.1) is 20.3 Å². The van der Waals surface area contributed by atoms with Gasteiger partial charge in [-0.25, -0.2) is 0 Å². The van der Waals surface area contributed by atoms with Gasteiger partial charge in [-0.2, -0.15) is 0 Å². The molecule has 0 radical (unpaired) electrons. The fourth-order valence-corrected chi connectivity index (χ4v) is 3.30. The number of morpholine rings is 1. The number of allylic oxidation sites excluding steroid dienone is 1. The third-order valence-corrected chi connectivity index (χ3v) is 4.89. The number of benzene rings is 2. The van der Waals surface area contributed by atoms with Crippen molar-refractivity contribution in [1.29, 1.82) is 0 Å². The number of carbonyl (C=O) groups excluding carboxylic acids is 1. The van der Waals surface area contributed by atoms with E-state index in [0.29, 0.717) is 18.5 Å². The summed E-state index contributed by atoms with van der Waals surface area (Å²) in [5.41, 5.74) is 3.94. The van der Waals surface area contributed by atoms with Crippen molar-refractivity contribution in [3.8, 4) is 5.75 Å². The van der Waals surface area contributed by atoms with Gasteiger partial charge in [0.25, 0.3) is 5.91 Å². The average Bonchev–Trinajstić information content (AvgIpc) is 2.74. The van der Waals surface area contributed by atoms with Gasteiger partial charge in [0, 0.05) is 31.7 Å². The van der Waals surface area contributed by atoms with Crippen LogP contribution in [0.3, 0.4) is 0 Å². The molecule has 1 aliphatic rings. The first-order valence-corrected chi connectivity index (χ1v) is 9.63. The highest BCUT2D eigenvalue weighted by Crippen LogP contribution is 2.21. The molecule has 0 saturated carbocycles. The number of carbonyl (C=O) groups is 1. The third-order valence-electron chi connectivity index (χ3n) is 4.89. The van der Waals surface area contributed by atoms with Crippen molar-refractivity contribution in [3.63, 3.8) is 0 Å². The summed E-state index contributed by atoms with van der Waals surface area (Å²) in [6, 6.07) is 13.9. The molecule has 1 heterocycles. The molecule has 0 bridgehead atoms. The Morgan fingerprint density at radius 3 is 2.57 bits per heavy atom. The number of methoxy groups -OCH3 is 1. The van der Waals surface area contributed by atoms with Crippen LogP contribution in [0.1, 0.15) is 27.0 Å². The maximum Gasteiger partial charge on any atom is 0.251 e. The molecule has 5 nitrogen and oxygen atoms in total. The number of hydrogen-bond acceptors (Lipinski definition) is 4. The smallest absolute Gasteiger partial charge is 0.251 e. The van der Waals surface area contributed by atoms with Gasteiger partial charge in [-0.3, -0.25) is 9.69 Å². The number of amides is 1. The molecule has 1 fully saturated rings. The summed E-state index contributed by atoms with van der Waals surface area (Å²) in [6.45, 7) is 8.78. The van der Waals surface area contributed by atoms with Crippen LogP contribution in [0.5, 0.6) is 5.75 Å². The van der Waals surface area contributed by atoms with E-state index < -0.39 is 0 Å². The molecule has 1 aliphatic heterocycles. The normalized spacial score (nSPS) is 14.5. The summed E-state index contributed by atoms with van der Waals surface area (Å²) >= 11 is 0. The second kappa shape index (κ2) is 10.1. The Hall–Kier alpha value is -2.63. The van der Waals surface area contributed by atoms with E-state index in [1.807, 2.05) is 12.1 Å². The number of hydrogen-bond donors (Lipinski definition) is 1. The summed E-state index contributed by atoms with van der Waals surface area (Å²) in [4.78, 5) is 14.9. The Balaban J connectivity index is 1.55. The molecule has 2 aromatic carbocycles. The standard InChI is InChI=1S/C23H28N2O3/c1-3-4-20-15-21(9-10-22(20)27-2)23(26)24-16-18-5-7-19(8-6-18)17-25-11-13-28-14-12-25/h3,5-10,15H,1,4,11-14,16-17H2,2H3,(H,24,26). The maximum absolute atomic E-state index is 12.5. The van der Waals surface area contributed by atoms with E-state index in [0.717, 1.165) is 49.7 Å². The highest BCUT2D eigenvalue weighted by atomic mass is 16.5. The molecular weight excluding hydrogens is 352 g/mol. The summed E-state index contributed by atoms with van der Waals surface area (Å²) in [5.74, 6) is 0.678. The van der Waals surface area contributed by atoms with Crippen LogP contribution in [0, 0.1) is 0 Å². The van der Waals surface area contributed by atoms with Crippen LogP contribution in [-0.2, 0) is 24.2 Å². The van der Waals surface area contributed by atoms with E-state index in [1.165, 1.54) is 5.56 Å². The zero-order valence-corrected chi connectivity index (χ0v) is 16.4. The third kappa shape index (κ3) is 5.44.